The zero-order valence-corrected chi connectivity index (χ0v) is 15.2. The Morgan fingerprint density at radius 1 is 1.24 bits per heavy atom. The molecule has 29 heavy (non-hydrogen) atoms. The highest BCUT2D eigenvalue weighted by Crippen LogP contribution is 2.39. The van der Waals surface area contributed by atoms with Crippen LogP contribution in [0.25, 0.3) is 0 Å². The zero-order chi connectivity index (χ0) is 21.2. The molecule has 1 aromatic rings. The van der Waals surface area contributed by atoms with Crippen LogP contribution in [0.3, 0.4) is 0 Å². The summed E-state index contributed by atoms with van der Waals surface area (Å²) in [5.41, 5.74) is 0.348. The van der Waals surface area contributed by atoms with E-state index in [1.165, 1.54) is 0 Å². The third kappa shape index (κ3) is 4.33. The molecule has 2 aliphatic rings. The molecule has 11 heteroatoms. The van der Waals surface area contributed by atoms with Gasteiger partial charge in [0.15, 0.2) is 6.61 Å². The highest BCUT2D eigenvalue weighted by Gasteiger charge is 2.54. The lowest BCUT2D eigenvalue weighted by Gasteiger charge is -2.33. The number of amides is 4. The van der Waals surface area contributed by atoms with Crippen molar-refractivity contribution in [3.05, 3.63) is 35.4 Å². The van der Waals surface area contributed by atoms with Gasteiger partial charge < -0.3 is 15.4 Å². The van der Waals surface area contributed by atoms with Crippen molar-refractivity contribution in [3.63, 3.8) is 0 Å². The van der Waals surface area contributed by atoms with Crippen LogP contribution in [-0.4, -0.2) is 54.6 Å². The second-order valence-electron chi connectivity index (χ2n) is 6.79. The molecule has 1 saturated heterocycles. The van der Waals surface area contributed by atoms with Gasteiger partial charge in [-0.25, -0.2) is 4.79 Å². The molecular weight excluding hydrogens is 395 g/mol. The lowest BCUT2D eigenvalue weighted by atomic mass is 9.76. The van der Waals surface area contributed by atoms with E-state index in [0.29, 0.717) is 23.3 Å². The standard InChI is InChI=1S/C18H18F3N3O5/c19-18(20,21)10-22-13(25)9-29-14(26)8-24-15(27)17(23-16(24)28)7-3-5-11-4-1-2-6-12(11)17/h1-2,4,6H,3,5,7-10H2,(H,22,25)(H,23,28)/t17-/m0/s1. The molecule has 0 bridgehead atoms. The molecule has 1 spiro atoms. The number of imide groups is 1. The first kappa shape index (κ1) is 20.6. The summed E-state index contributed by atoms with van der Waals surface area (Å²) in [4.78, 5) is 49.2. The van der Waals surface area contributed by atoms with E-state index in [1.807, 2.05) is 12.1 Å². The third-order valence-corrected chi connectivity index (χ3v) is 4.79. The van der Waals surface area contributed by atoms with E-state index in [9.17, 15) is 32.3 Å². The molecule has 0 unspecified atom stereocenters. The number of ether oxygens (including phenoxy) is 1. The number of esters is 1. The molecule has 0 radical (unpaired) electrons. The molecule has 1 atom stereocenters. The molecule has 3 rings (SSSR count). The summed E-state index contributed by atoms with van der Waals surface area (Å²) in [6, 6.07) is 6.43. The molecule has 0 saturated carbocycles. The van der Waals surface area contributed by atoms with E-state index >= 15 is 0 Å². The number of nitrogens with one attached hydrogen (secondary N) is 2. The second kappa shape index (κ2) is 7.72. The van der Waals surface area contributed by atoms with Crippen molar-refractivity contribution in [2.45, 2.75) is 31.0 Å². The number of rotatable bonds is 5. The average Bonchev–Trinajstić information content (AvgIpc) is 2.89. The second-order valence-corrected chi connectivity index (χ2v) is 6.79. The molecule has 8 nitrogen and oxygen atoms in total. The number of carbonyl (C=O) groups is 4. The minimum absolute atomic E-state index is 0.375. The van der Waals surface area contributed by atoms with E-state index in [4.69, 9.17) is 0 Å². The molecule has 0 aromatic heterocycles. The van der Waals surface area contributed by atoms with E-state index in [-0.39, 0.29) is 0 Å². The molecule has 1 heterocycles. The number of aryl methyl sites for hydroxylation is 1. The Hall–Kier alpha value is -3.11. The summed E-state index contributed by atoms with van der Waals surface area (Å²) < 4.78 is 40.7. The maximum absolute atomic E-state index is 13.0. The van der Waals surface area contributed by atoms with E-state index < -0.39 is 55.2 Å². The van der Waals surface area contributed by atoms with E-state index in [1.54, 1.807) is 17.4 Å². The molecule has 156 valence electrons. The topological polar surface area (TPSA) is 105 Å². The van der Waals surface area contributed by atoms with Gasteiger partial charge in [0.05, 0.1) is 0 Å². The van der Waals surface area contributed by atoms with Gasteiger partial charge in [-0.15, -0.1) is 0 Å². The summed E-state index contributed by atoms with van der Waals surface area (Å²) in [5.74, 6) is -2.84. The molecule has 2 N–H and O–H groups in total. The molecule has 1 aliphatic heterocycles. The Labute approximate surface area is 163 Å². The summed E-state index contributed by atoms with van der Waals surface area (Å²) in [6.07, 6.45) is -2.79. The quantitative estimate of drug-likeness (QED) is 0.554. The smallest absolute Gasteiger partial charge is 0.405 e. The fraction of sp³-hybridized carbons (Fsp3) is 0.444. The highest BCUT2D eigenvalue weighted by atomic mass is 19.4. The molecule has 1 aliphatic carbocycles. The van der Waals surface area contributed by atoms with Crippen LogP contribution in [0.4, 0.5) is 18.0 Å². The molecule has 1 aromatic carbocycles. The fourth-order valence-corrected chi connectivity index (χ4v) is 3.53. The summed E-state index contributed by atoms with van der Waals surface area (Å²) in [6.45, 7) is -3.26. The lowest BCUT2D eigenvalue weighted by Crippen LogP contribution is -2.47. The van der Waals surface area contributed by atoms with Gasteiger partial charge in [-0.3, -0.25) is 19.3 Å². The van der Waals surface area contributed by atoms with Crippen molar-refractivity contribution >= 4 is 23.8 Å². The Morgan fingerprint density at radius 3 is 2.69 bits per heavy atom. The fourth-order valence-electron chi connectivity index (χ4n) is 3.53. The number of hydrogen-bond acceptors (Lipinski definition) is 5. The first-order valence-electron chi connectivity index (χ1n) is 8.84. The minimum atomic E-state index is -4.59. The van der Waals surface area contributed by atoms with Gasteiger partial charge in [0.25, 0.3) is 11.8 Å². The first-order chi connectivity index (χ1) is 13.6. The van der Waals surface area contributed by atoms with Crippen LogP contribution < -0.4 is 10.6 Å². The van der Waals surface area contributed by atoms with Crippen LogP contribution in [0, 0.1) is 0 Å². The van der Waals surface area contributed by atoms with Gasteiger partial charge in [-0.2, -0.15) is 13.2 Å². The van der Waals surface area contributed by atoms with Crippen molar-refractivity contribution in [2.75, 3.05) is 19.7 Å². The predicted molar refractivity (Wildman–Crippen MR) is 91.3 cm³/mol. The van der Waals surface area contributed by atoms with Crippen molar-refractivity contribution < 1.29 is 37.1 Å². The summed E-state index contributed by atoms with van der Waals surface area (Å²) in [7, 11) is 0. The number of halogens is 3. The van der Waals surface area contributed by atoms with Crippen molar-refractivity contribution in [3.8, 4) is 0 Å². The van der Waals surface area contributed by atoms with Gasteiger partial charge >= 0.3 is 18.2 Å². The first-order valence-corrected chi connectivity index (χ1v) is 8.84. The minimum Gasteiger partial charge on any atom is -0.454 e. The van der Waals surface area contributed by atoms with Gasteiger partial charge in [0, 0.05) is 0 Å². The number of benzene rings is 1. The van der Waals surface area contributed by atoms with Crippen molar-refractivity contribution in [1.29, 1.82) is 0 Å². The van der Waals surface area contributed by atoms with Crippen LogP contribution >= 0.6 is 0 Å². The van der Waals surface area contributed by atoms with Crippen LogP contribution in [-0.2, 0) is 31.1 Å². The number of alkyl halides is 3. The lowest BCUT2D eigenvalue weighted by molar-refractivity contribution is -0.153. The normalized spacial score (nSPS) is 21.0. The maximum atomic E-state index is 13.0. The van der Waals surface area contributed by atoms with Gasteiger partial charge in [-0.05, 0) is 30.4 Å². The number of urea groups is 1. The number of fused-ring (bicyclic) bond motifs is 2. The number of hydrogen-bond donors (Lipinski definition) is 2. The molecular formula is C18H18F3N3O5. The van der Waals surface area contributed by atoms with Gasteiger partial charge in [0.2, 0.25) is 0 Å². The van der Waals surface area contributed by atoms with Crippen LogP contribution in [0.5, 0.6) is 0 Å². The SMILES string of the molecule is O=C(COC(=O)CN1C(=O)N[C@]2(CCCc3ccccc32)C1=O)NCC(F)(F)F. The van der Waals surface area contributed by atoms with Gasteiger partial charge in [-0.1, -0.05) is 24.3 Å². The Balaban J connectivity index is 1.61. The van der Waals surface area contributed by atoms with Gasteiger partial charge in [0.1, 0.15) is 18.6 Å². The van der Waals surface area contributed by atoms with Crippen LogP contribution in [0.2, 0.25) is 0 Å². The Morgan fingerprint density at radius 2 is 1.97 bits per heavy atom. The maximum Gasteiger partial charge on any atom is 0.405 e. The predicted octanol–water partition coefficient (Wildman–Crippen LogP) is 0.992. The summed E-state index contributed by atoms with van der Waals surface area (Å²) in [5, 5.41) is 4.20. The highest BCUT2D eigenvalue weighted by molar-refractivity contribution is 6.09. The zero-order valence-electron chi connectivity index (χ0n) is 15.2. The van der Waals surface area contributed by atoms with Crippen molar-refractivity contribution in [2.24, 2.45) is 0 Å². The average molecular weight is 413 g/mol. The van der Waals surface area contributed by atoms with E-state index in [2.05, 4.69) is 10.1 Å². The number of nitrogens with zero attached hydrogens (tertiary/aromatic N) is 1. The monoisotopic (exact) mass is 413 g/mol. The van der Waals surface area contributed by atoms with E-state index in [0.717, 1.165) is 12.0 Å². The van der Waals surface area contributed by atoms with Crippen LogP contribution in [0.1, 0.15) is 24.0 Å². The van der Waals surface area contributed by atoms with Crippen molar-refractivity contribution in [1.82, 2.24) is 15.5 Å². The Kier molecular flexibility index (Phi) is 5.49. The summed E-state index contributed by atoms with van der Waals surface area (Å²) >= 11 is 0. The Bertz CT molecular complexity index is 857. The largest absolute Gasteiger partial charge is 0.454 e. The molecule has 1 fully saturated rings. The van der Waals surface area contributed by atoms with Crippen LogP contribution in [0.15, 0.2) is 24.3 Å². The molecule has 4 amide bonds. The number of carbonyl (C=O) groups excluding carboxylic acids is 4. The third-order valence-electron chi connectivity index (χ3n) is 4.79.